The van der Waals surface area contributed by atoms with Crippen LogP contribution in [-0.4, -0.2) is 26.0 Å². The first-order chi connectivity index (χ1) is 6.68. The summed E-state index contributed by atoms with van der Waals surface area (Å²) in [5, 5.41) is 9.22. The lowest BCUT2D eigenvalue weighted by Gasteiger charge is -1.99. The molecule has 6 nitrogen and oxygen atoms in total. The number of nitrogens with zero attached hydrogens (tertiary/aromatic N) is 3. The van der Waals surface area contributed by atoms with Gasteiger partial charge in [-0.25, -0.2) is 14.8 Å². The number of anilines is 1. The average molecular weight is 190 g/mol. The minimum atomic E-state index is -1.04. The third-order valence-corrected chi connectivity index (χ3v) is 1.75. The first-order valence-electron chi connectivity index (χ1n) is 3.79. The van der Waals surface area contributed by atoms with Crippen molar-refractivity contribution in [2.75, 3.05) is 5.73 Å². The molecule has 0 atom stereocenters. The van der Waals surface area contributed by atoms with Gasteiger partial charge in [-0.05, 0) is 6.07 Å². The predicted molar refractivity (Wildman–Crippen MR) is 48.7 cm³/mol. The molecule has 0 amide bonds. The van der Waals surface area contributed by atoms with Gasteiger partial charge in [0.2, 0.25) is 5.95 Å². The third-order valence-electron chi connectivity index (χ3n) is 1.75. The van der Waals surface area contributed by atoms with Crippen molar-refractivity contribution in [2.45, 2.75) is 0 Å². The molecule has 0 saturated heterocycles. The smallest absolute Gasteiger partial charge is 0.336 e. The summed E-state index contributed by atoms with van der Waals surface area (Å²) < 4.78 is 0. The molecule has 0 aliphatic heterocycles. The Morgan fingerprint density at radius 3 is 2.93 bits per heavy atom. The van der Waals surface area contributed by atoms with E-state index in [1.165, 1.54) is 18.5 Å². The Morgan fingerprint density at radius 1 is 1.43 bits per heavy atom. The third kappa shape index (κ3) is 1.22. The number of carboxylic acid groups (broad SMARTS) is 1. The number of aromatic carboxylic acids is 1. The number of pyridine rings is 1. The highest BCUT2D eigenvalue weighted by Crippen LogP contribution is 2.13. The summed E-state index contributed by atoms with van der Waals surface area (Å²) in [6.07, 6.45) is 2.73. The molecule has 70 valence electrons. The Morgan fingerprint density at radius 2 is 2.21 bits per heavy atom. The van der Waals surface area contributed by atoms with E-state index in [0.717, 1.165) is 0 Å². The molecular weight excluding hydrogens is 184 g/mol. The number of carbonyl (C=O) groups is 1. The quantitative estimate of drug-likeness (QED) is 0.670. The first-order valence-corrected chi connectivity index (χ1v) is 3.79. The zero-order valence-corrected chi connectivity index (χ0v) is 7.01. The van der Waals surface area contributed by atoms with E-state index in [2.05, 4.69) is 15.0 Å². The number of rotatable bonds is 1. The van der Waals surface area contributed by atoms with Gasteiger partial charge in [-0.1, -0.05) is 0 Å². The fourth-order valence-electron chi connectivity index (χ4n) is 1.13. The van der Waals surface area contributed by atoms with Crippen molar-refractivity contribution in [1.29, 1.82) is 0 Å². The van der Waals surface area contributed by atoms with Crippen LogP contribution >= 0.6 is 0 Å². The van der Waals surface area contributed by atoms with Gasteiger partial charge in [-0.3, -0.25) is 0 Å². The molecule has 0 aliphatic rings. The van der Waals surface area contributed by atoms with Crippen LogP contribution in [-0.2, 0) is 0 Å². The van der Waals surface area contributed by atoms with Gasteiger partial charge in [0.05, 0.1) is 10.9 Å². The largest absolute Gasteiger partial charge is 0.478 e. The van der Waals surface area contributed by atoms with Gasteiger partial charge in [0, 0.05) is 12.4 Å². The molecular formula is C8H6N4O2. The van der Waals surface area contributed by atoms with E-state index in [9.17, 15) is 4.79 Å². The van der Waals surface area contributed by atoms with Crippen molar-refractivity contribution in [2.24, 2.45) is 0 Å². The van der Waals surface area contributed by atoms with Crippen LogP contribution in [0.5, 0.6) is 0 Å². The Balaban J connectivity index is 2.81. The lowest BCUT2D eigenvalue weighted by Crippen LogP contribution is -2.01. The van der Waals surface area contributed by atoms with Gasteiger partial charge in [-0.15, -0.1) is 0 Å². The highest BCUT2D eigenvalue weighted by Gasteiger charge is 2.09. The highest BCUT2D eigenvalue weighted by molar-refractivity contribution is 6.01. The van der Waals surface area contributed by atoms with Crippen molar-refractivity contribution < 1.29 is 9.90 Å². The van der Waals surface area contributed by atoms with Crippen LogP contribution in [0.3, 0.4) is 0 Å². The second-order valence-electron chi connectivity index (χ2n) is 2.63. The van der Waals surface area contributed by atoms with E-state index >= 15 is 0 Å². The number of aromatic nitrogens is 3. The van der Waals surface area contributed by atoms with Gasteiger partial charge in [0.1, 0.15) is 0 Å². The minimum absolute atomic E-state index is 0.0764. The van der Waals surface area contributed by atoms with Crippen molar-refractivity contribution in [3.05, 3.63) is 24.0 Å². The lowest BCUT2D eigenvalue weighted by molar-refractivity contribution is 0.0699. The van der Waals surface area contributed by atoms with E-state index < -0.39 is 5.97 Å². The normalized spacial score (nSPS) is 10.3. The average Bonchev–Trinajstić information content (AvgIpc) is 2.16. The molecule has 2 aromatic heterocycles. The monoisotopic (exact) mass is 190 g/mol. The Kier molecular flexibility index (Phi) is 1.74. The second kappa shape index (κ2) is 2.91. The van der Waals surface area contributed by atoms with Crippen LogP contribution in [0.2, 0.25) is 0 Å². The maximum Gasteiger partial charge on any atom is 0.336 e. The molecule has 14 heavy (non-hydrogen) atoms. The van der Waals surface area contributed by atoms with Crippen LogP contribution in [0.25, 0.3) is 11.0 Å². The van der Waals surface area contributed by atoms with Crippen LogP contribution in [0.4, 0.5) is 5.95 Å². The number of nitrogen functional groups attached to an aromatic ring is 1. The molecule has 0 unspecified atom stereocenters. The SMILES string of the molecule is Nc1ncc2c(C(=O)O)ccnc2n1. The summed E-state index contributed by atoms with van der Waals surface area (Å²) in [5.74, 6) is -0.960. The van der Waals surface area contributed by atoms with Crippen LogP contribution in [0.1, 0.15) is 10.4 Å². The lowest BCUT2D eigenvalue weighted by atomic mass is 10.2. The number of hydrogen-bond donors (Lipinski definition) is 2. The molecule has 3 N–H and O–H groups in total. The van der Waals surface area contributed by atoms with E-state index in [0.29, 0.717) is 5.39 Å². The molecule has 0 fully saturated rings. The summed E-state index contributed by atoms with van der Waals surface area (Å²) in [6, 6.07) is 1.39. The minimum Gasteiger partial charge on any atom is -0.478 e. The fourth-order valence-corrected chi connectivity index (χ4v) is 1.13. The number of carboxylic acids is 1. The van der Waals surface area contributed by atoms with Crippen molar-refractivity contribution >= 4 is 23.0 Å². The highest BCUT2D eigenvalue weighted by atomic mass is 16.4. The van der Waals surface area contributed by atoms with Crippen molar-refractivity contribution in [3.63, 3.8) is 0 Å². The van der Waals surface area contributed by atoms with Gasteiger partial charge >= 0.3 is 5.97 Å². The van der Waals surface area contributed by atoms with E-state index in [4.69, 9.17) is 10.8 Å². The van der Waals surface area contributed by atoms with E-state index in [-0.39, 0.29) is 17.2 Å². The summed E-state index contributed by atoms with van der Waals surface area (Å²) in [6.45, 7) is 0. The number of nitrogens with two attached hydrogens (primary N) is 1. The summed E-state index contributed by atoms with van der Waals surface area (Å²) in [5.41, 5.74) is 5.75. The summed E-state index contributed by atoms with van der Waals surface area (Å²) in [7, 11) is 0. The van der Waals surface area contributed by atoms with E-state index in [1.807, 2.05) is 0 Å². The first kappa shape index (κ1) is 8.36. The number of fused-ring (bicyclic) bond motifs is 1. The van der Waals surface area contributed by atoms with Crippen LogP contribution < -0.4 is 5.73 Å². The molecule has 0 radical (unpaired) electrons. The molecule has 2 rings (SSSR count). The molecule has 0 saturated carbocycles. The molecule has 0 bridgehead atoms. The predicted octanol–water partition coefficient (Wildman–Crippen LogP) is 0.305. The van der Waals surface area contributed by atoms with Gasteiger partial charge in [-0.2, -0.15) is 4.98 Å². The molecule has 0 aromatic carbocycles. The van der Waals surface area contributed by atoms with Crippen LogP contribution in [0.15, 0.2) is 18.5 Å². The summed E-state index contributed by atoms with van der Waals surface area (Å²) in [4.78, 5) is 22.2. The van der Waals surface area contributed by atoms with Crippen molar-refractivity contribution in [3.8, 4) is 0 Å². The van der Waals surface area contributed by atoms with Gasteiger partial charge in [0.25, 0.3) is 0 Å². The Bertz CT molecular complexity index is 512. The zero-order chi connectivity index (χ0) is 10.1. The second-order valence-corrected chi connectivity index (χ2v) is 2.63. The zero-order valence-electron chi connectivity index (χ0n) is 7.01. The standard InChI is InChI=1S/C8H6N4O2/c9-8-11-3-5-4(7(13)14)1-2-10-6(5)12-8/h1-3H,(H,13,14)(H2,9,10,11,12). The maximum atomic E-state index is 10.8. The van der Waals surface area contributed by atoms with Crippen LogP contribution in [0, 0.1) is 0 Å². The molecule has 0 spiro atoms. The molecule has 2 aromatic rings. The van der Waals surface area contributed by atoms with Crippen molar-refractivity contribution in [1.82, 2.24) is 15.0 Å². The summed E-state index contributed by atoms with van der Waals surface area (Å²) >= 11 is 0. The topological polar surface area (TPSA) is 102 Å². The Hall–Kier alpha value is -2.24. The molecule has 0 aliphatic carbocycles. The maximum absolute atomic E-state index is 10.8. The fraction of sp³-hybridized carbons (Fsp3) is 0. The molecule has 6 heteroatoms. The van der Waals surface area contributed by atoms with Gasteiger partial charge < -0.3 is 10.8 Å². The van der Waals surface area contributed by atoms with E-state index in [1.54, 1.807) is 0 Å². The number of hydrogen-bond acceptors (Lipinski definition) is 5. The molecule has 2 heterocycles. The Labute approximate surface area is 78.4 Å². The van der Waals surface area contributed by atoms with Gasteiger partial charge in [0.15, 0.2) is 5.65 Å².